The summed E-state index contributed by atoms with van der Waals surface area (Å²) in [5, 5.41) is 0. The van der Waals surface area contributed by atoms with Crippen molar-refractivity contribution in [2.45, 2.75) is 0 Å². The zero-order chi connectivity index (χ0) is 11.8. The van der Waals surface area contributed by atoms with E-state index in [1.165, 1.54) is 0 Å². The van der Waals surface area contributed by atoms with E-state index >= 15 is 0 Å². The minimum atomic E-state index is -1.92. The van der Waals surface area contributed by atoms with Gasteiger partial charge < -0.3 is 0 Å². The molecule has 3 rings (SSSR count). The molecule has 0 aliphatic carbocycles. The second-order valence-corrected chi connectivity index (χ2v) is 9.99. The third-order valence-electron chi connectivity index (χ3n) is 2.41. The van der Waals surface area contributed by atoms with Gasteiger partial charge in [-0.2, -0.15) is 0 Å². The summed E-state index contributed by atoms with van der Waals surface area (Å²) in [6, 6.07) is 13.1. The summed E-state index contributed by atoms with van der Waals surface area (Å²) >= 11 is -1.92. The maximum absolute atomic E-state index is 5.96. The molecule has 0 saturated heterocycles. The maximum atomic E-state index is 5.96. The topological polar surface area (TPSA) is 18.5 Å². The van der Waals surface area contributed by atoms with Gasteiger partial charge in [-0.1, -0.05) is 0 Å². The Labute approximate surface area is 112 Å². The Balaban J connectivity index is 2.03. The van der Waals surface area contributed by atoms with Crippen LogP contribution in [-0.2, 0) is 0 Å². The van der Waals surface area contributed by atoms with Gasteiger partial charge in [0.05, 0.1) is 0 Å². The normalized spacial score (nSPS) is 12.4. The summed E-state index contributed by atoms with van der Waals surface area (Å²) in [5.41, 5.74) is 0. The van der Waals surface area contributed by atoms with Crippen LogP contribution in [0.25, 0.3) is 0 Å². The van der Waals surface area contributed by atoms with Gasteiger partial charge in [0.25, 0.3) is 0 Å². The number of ether oxygens (including phenoxy) is 2. The van der Waals surface area contributed by atoms with Crippen LogP contribution in [0.1, 0.15) is 0 Å². The molecule has 1 heterocycles. The van der Waals surface area contributed by atoms with Gasteiger partial charge in [-0.05, 0) is 0 Å². The minimum absolute atomic E-state index is 0.668. The van der Waals surface area contributed by atoms with E-state index in [9.17, 15) is 0 Å². The van der Waals surface area contributed by atoms with E-state index in [1.807, 2.05) is 42.5 Å². The summed E-state index contributed by atoms with van der Waals surface area (Å²) in [5.74, 6) is 2.79. The molecular formula is C12H7AsCl2O2. The number of benzene rings is 2. The third kappa shape index (κ3) is 2.13. The standard InChI is InChI=1S/C12H7AsCl2O2/c14-13(15)8-5-6-11-12(7-8)17-10-4-2-1-3-9(10)16-11/h1-7H. The molecule has 1 aliphatic rings. The van der Waals surface area contributed by atoms with Gasteiger partial charge in [-0.15, -0.1) is 0 Å². The van der Waals surface area contributed by atoms with Crippen molar-refractivity contribution in [1.82, 2.24) is 0 Å². The fourth-order valence-corrected chi connectivity index (χ4v) is 3.56. The molecule has 0 fully saturated rings. The van der Waals surface area contributed by atoms with E-state index in [1.54, 1.807) is 0 Å². The molecule has 0 N–H and O–H groups in total. The van der Waals surface area contributed by atoms with Crippen LogP contribution < -0.4 is 13.8 Å². The van der Waals surface area contributed by atoms with Crippen LogP contribution in [0, 0.1) is 0 Å². The molecule has 0 saturated carbocycles. The molecular weight excluding hydrogens is 322 g/mol. The quantitative estimate of drug-likeness (QED) is 0.633. The molecule has 0 atom stereocenters. The molecule has 2 nitrogen and oxygen atoms in total. The van der Waals surface area contributed by atoms with Crippen LogP contribution in [0.2, 0.25) is 0 Å². The molecule has 0 bridgehead atoms. The van der Waals surface area contributed by atoms with Gasteiger partial charge >= 0.3 is 112 Å². The molecule has 86 valence electrons. The Bertz CT molecular complexity index is 572. The number of hydrogen-bond donors (Lipinski definition) is 0. The van der Waals surface area contributed by atoms with Crippen molar-refractivity contribution >= 4 is 37.0 Å². The molecule has 2 aromatic rings. The molecule has 0 radical (unpaired) electrons. The monoisotopic (exact) mass is 328 g/mol. The van der Waals surface area contributed by atoms with Gasteiger partial charge in [0, 0.05) is 0 Å². The SMILES string of the molecule is Cl[As](Cl)c1ccc2c(c1)Oc1ccccc1O2. The van der Waals surface area contributed by atoms with E-state index in [2.05, 4.69) is 0 Å². The first-order valence-corrected chi connectivity index (χ1v) is 10.8. The van der Waals surface area contributed by atoms with Crippen molar-refractivity contribution in [1.29, 1.82) is 0 Å². The second kappa shape index (κ2) is 4.45. The first-order chi connectivity index (χ1) is 8.24. The van der Waals surface area contributed by atoms with Gasteiger partial charge in [0.15, 0.2) is 0 Å². The Hall–Kier alpha value is -0.822. The van der Waals surface area contributed by atoms with Crippen molar-refractivity contribution in [2.24, 2.45) is 0 Å². The van der Waals surface area contributed by atoms with Crippen LogP contribution in [0.5, 0.6) is 23.0 Å². The summed E-state index contributed by atoms with van der Waals surface area (Å²) < 4.78 is 12.4. The van der Waals surface area contributed by atoms with Crippen molar-refractivity contribution in [3.05, 3.63) is 42.5 Å². The van der Waals surface area contributed by atoms with E-state index < -0.39 is 12.8 Å². The fraction of sp³-hybridized carbons (Fsp3) is 0. The zero-order valence-corrected chi connectivity index (χ0v) is 11.9. The molecule has 1 aliphatic heterocycles. The molecule has 0 unspecified atom stereocenters. The number of halogens is 2. The number of hydrogen-bond acceptors (Lipinski definition) is 2. The van der Waals surface area contributed by atoms with Crippen LogP contribution in [0.3, 0.4) is 0 Å². The van der Waals surface area contributed by atoms with E-state index in [4.69, 9.17) is 29.4 Å². The molecule has 17 heavy (non-hydrogen) atoms. The Morgan fingerprint density at radius 3 is 2.00 bits per heavy atom. The average molecular weight is 329 g/mol. The van der Waals surface area contributed by atoms with Crippen molar-refractivity contribution in [2.75, 3.05) is 0 Å². The predicted molar refractivity (Wildman–Crippen MR) is 70.1 cm³/mol. The number of para-hydroxylation sites is 2. The first-order valence-electron chi connectivity index (χ1n) is 4.94. The third-order valence-corrected chi connectivity index (χ3v) is 5.84. The van der Waals surface area contributed by atoms with E-state index in [0.717, 1.165) is 10.1 Å². The Kier molecular flexibility index (Phi) is 2.95. The van der Waals surface area contributed by atoms with Crippen LogP contribution in [0.4, 0.5) is 0 Å². The van der Waals surface area contributed by atoms with Gasteiger partial charge in [0.2, 0.25) is 0 Å². The van der Waals surface area contributed by atoms with Crippen LogP contribution in [-0.4, -0.2) is 12.8 Å². The second-order valence-electron chi connectivity index (χ2n) is 3.51. The molecule has 2 aromatic carbocycles. The van der Waals surface area contributed by atoms with Gasteiger partial charge in [-0.3, -0.25) is 0 Å². The summed E-state index contributed by atoms with van der Waals surface area (Å²) in [7, 11) is 11.9. The molecule has 0 aromatic heterocycles. The van der Waals surface area contributed by atoms with Crippen molar-refractivity contribution in [3.8, 4) is 23.0 Å². The first kappa shape index (κ1) is 11.3. The Morgan fingerprint density at radius 2 is 1.35 bits per heavy atom. The predicted octanol–water partition coefficient (Wildman–Crippen LogP) is 3.76. The molecule has 0 spiro atoms. The van der Waals surface area contributed by atoms with Crippen molar-refractivity contribution in [3.63, 3.8) is 0 Å². The summed E-state index contributed by atoms with van der Waals surface area (Å²) in [6.07, 6.45) is 0. The molecule has 5 heteroatoms. The van der Waals surface area contributed by atoms with Crippen molar-refractivity contribution < 1.29 is 9.47 Å². The average Bonchev–Trinajstić information content (AvgIpc) is 2.35. The summed E-state index contributed by atoms with van der Waals surface area (Å²) in [6.45, 7) is 0. The number of fused-ring (bicyclic) bond motifs is 2. The number of rotatable bonds is 1. The zero-order valence-electron chi connectivity index (χ0n) is 8.56. The Morgan fingerprint density at radius 1 is 0.765 bits per heavy atom. The van der Waals surface area contributed by atoms with Gasteiger partial charge in [-0.25, -0.2) is 0 Å². The fourth-order valence-electron chi connectivity index (χ4n) is 1.62. The molecule has 0 amide bonds. The van der Waals surface area contributed by atoms with Crippen LogP contribution >= 0.6 is 19.9 Å². The van der Waals surface area contributed by atoms with Crippen LogP contribution in [0.15, 0.2) is 42.5 Å². The van der Waals surface area contributed by atoms with Gasteiger partial charge in [0.1, 0.15) is 0 Å². The van der Waals surface area contributed by atoms with E-state index in [-0.39, 0.29) is 0 Å². The summed E-state index contributed by atoms with van der Waals surface area (Å²) in [4.78, 5) is 0. The van der Waals surface area contributed by atoms with E-state index in [0.29, 0.717) is 17.2 Å².